The fourth-order valence-electron chi connectivity index (χ4n) is 1.80. The molecule has 0 spiro atoms. The molecule has 1 nitrogen and oxygen atoms in total. The molecule has 0 bridgehead atoms. The number of thiophene rings is 1. The van der Waals surface area contributed by atoms with Crippen LogP contribution in [0.15, 0.2) is 15.9 Å². The van der Waals surface area contributed by atoms with Crippen LogP contribution in [-0.4, -0.2) is 12.6 Å². The molecule has 1 rings (SSSR count). The van der Waals surface area contributed by atoms with Crippen LogP contribution in [0.3, 0.4) is 0 Å². The smallest absolute Gasteiger partial charge is 0.0701 e. The molecule has 0 amide bonds. The molecule has 1 heterocycles. The molecule has 1 aromatic rings. The van der Waals surface area contributed by atoms with Crippen LogP contribution in [0.4, 0.5) is 0 Å². The molecule has 0 fully saturated rings. The van der Waals surface area contributed by atoms with Crippen molar-refractivity contribution in [2.45, 2.75) is 46.1 Å². The number of hydrogen-bond acceptors (Lipinski definition) is 2. The lowest BCUT2D eigenvalue weighted by molar-refractivity contribution is 0.436. The summed E-state index contributed by atoms with van der Waals surface area (Å²) in [7, 11) is 0. The van der Waals surface area contributed by atoms with Crippen molar-refractivity contribution in [2.75, 3.05) is 6.54 Å². The largest absolute Gasteiger partial charge is 0.314 e. The van der Waals surface area contributed by atoms with Gasteiger partial charge in [-0.1, -0.05) is 20.8 Å². The molecule has 0 aliphatic heterocycles. The zero-order valence-corrected chi connectivity index (χ0v) is 12.8. The molecule has 3 heteroatoms. The number of rotatable bonds is 7. The van der Waals surface area contributed by atoms with Crippen molar-refractivity contribution < 1.29 is 0 Å². The van der Waals surface area contributed by atoms with Crippen molar-refractivity contribution in [2.24, 2.45) is 5.92 Å². The maximum absolute atomic E-state index is 3.59. The summed E-state index contributed by atoms with van der Waals surface area (Å²) >= 11 is 5.37. The van der Waals surface area contributed by atoms with Gasteiger partial charge in [0, 0.05) is 10.9 Å². The summed E-state index contributed by atoms with van der Waals surface area (Å²) in [5.74, 6) is 0.802. The van der Waals surface area contributed by atoms with Crippen LogP contribution in [0.25, 0.3) is 0 Å². The van der Waals surface area contributed by atoms with Gasteiger partial charge in [0.25, 0.3) is 0 Å². The molecule has 1 atom stereocenters. The van der Waals surface area contributed by atoms with Crippen LogP contribution < -0.4 is 5.32 Å². The molecule has 92 valence electrons. The second-order valence-electron chi connectivity index (χ2n) is 4.64. The third-order valence-electron chi connectivity index (χ3n) is 2.66. The molecule has 0 saturated heterocycles. The first-order valence-electron chi connectivity index (χ1n) is 6.09. The van der Waals surface area contributed by atoms with E-state index in [9.17, 15) is 0 Å². The number of likely N-dealkylation sites (N-methyl/N-ethyl adjacent to an activating group) is 1. The summed E-state index contributed by atoms with van der Waals surface area (Å²) in [6, 6.07) is 5.01. The van der Waals surface area contributed by atoms with Gasteiger partial charge in [-0.3, -0.25) is 0 Å². The molecule has 0 aliphatic carbocycles. The van der Waals surface area contributed by atoms with Gasteiger partial charge in [-0.2, -0.15) is 0 Å². The minimum atomic E-state index is 0.637. The molecule has 0 aliphatic rings. The second kappa shape index (κ2) is 7.46. The first-order valence-corrected chi connectivity index (χ1v) is 7.70. The minimum Gasteiger partial charge on any atom is -0.314 e. The average Bonchev–Trinajstić information content (AvgIpc) is 2.61. The monoisotopic (exact) mass is 303 g/mol. The Balaban J connectivity index is 2.43. The predicted molar refractivity (Wildman–Crippen MR) is 77.3 cm³/mol. The van der Waals surface area contributed by atoms with Gasteiger partial charge in [0.2, 0.25) is 0 Å². The zero-order valence-electron chi connectivity index (χ0n) is 10.4. The van der Waals surface area contributed by atoms with E-state index in [1.807, 2.05) is 11.3 Å². The van der Waals surface area contributed by atoms with Gasteiger partial charge in [-0.05, 0) is 59.8 Å². The van der Waals surface area contributed by atoms with Crippen molar-refractivity contribution in [3.63, 3.8) is 0 Å². The van der Waals surface area contributed by atoms with E-state index in [1.165, 1.54) is 21.5 Å². The minimum absolute atomic E-state index is 0.637. The predicted octanol–water partition coefficient (Wildman–Crippen LogP) is 4.47. The molecule has 0 radical (unpaired) electrons. The molecule has 0 saturated carbocycles. The quantitative estimate of drug-likeness (QED) is 0.784. The fraction of sp³-hybridized carbons (Fsp3) is 0.692. The Morgan fingerprint density at radius 3 is 2.56 bits per heavy atom. The van der Waals surface area contributed by atoms with E-state index in [0.717, 1.165) is 18.9 Å². The highest BCUT2D eigenvalue weighted by Crippen LogP contribution is 2.24. The Kier molecular flexibility index (Phi) is 6.62. The van der Waals surface area contributed by atoms with Crippen molar-refractivity contribution >= 4 is 27.3 Å². The van der Waals surface area contributed by atoms with E-state index in [4.69, 9.17) is 0 Å². The van der Waals surface area contributed by atoms with Gasteiger partial charge >= 0.3 is 0 Å². The van der Waals surface area contributed by atoms with Gasteiger partial charge in [-0.25, -0.2) is 0 Å². The Hall–Kier alpha value is 0.140. The first kappa shape index (κ1) is 14.2. The van der Waals surface area contributed by atoms with Gasteiger partial charge in [0.05, 0.1) is 3.79 Å². The van der Waals surface area contributed by atoms with E-state index in [1.54, 1.807) is 0 Å². The van der Waals surface area contributed by atoms with Crippen molar-refractivity contribution in [1.82, 2.24) is 5.32 Å². The summed E-state index contributed by atoms with van der Waals surface area (Å²) in [5, 5.41) is 3.59. The molecular weight excluding hydrogens is 282 g/mol. The topological polar surface area (TPSA) is 12.0 Å². The van der Waals surface area contributed by atoms with E-state index in [2.05, 4.69) is 54.2 Å². The second-order valence-corrected chi connectivity index (χ2v) is 7.18. The average molecular weight is 304 g/mol. The van der Waals surface area contributed by atoms with E-state index >= 15 is 0 Å². The lowest BCUT2D eigenvalue weighted by Gasteiger charge is -2.18. The number of halogens is 1. The Morgan fingerprint density at radius 2 is 2.06 bits per heavy atom. The van der Waals surface area contributed by atoms with Crippen molar-refractivity contribution in [1.29, 1.82) is 0 Å². The Bertz CT molecular complexity index is 296. The van der Waals surface area contributed by atoms with E-state index in [0.29, 0.717) is 6.04 Å². The number of hydrogen-bond donors (Lipinski definition) is 1. The maximum atomic E-state index is 3.59. The molecule has 16 heavy (non-hydrogen) atoms. The first-order chi connectivity index (χ1) is 7.61. The Labute approximate surface area is 112 Å². The highest BCUT2D eigenvalue weighted by Gasteiger charge is 2.10. The summed E-state index contributed by atoms with van der Waals surface area (Å²) in [6.45, 7) is 7.84. The van der Waals surface area contributed by atoms with E-state index < -0.39 is 0 Å². The number of nitrogens with one attached hydrogen (secondary N) is 1. The zero-order chi connectivity index (χ0) is 12.0. The fourth-order valence-corrected chi connectivity index (χ4v) is 3.37. The normalized spacial score (nSPS) is 13.3. The van der Waals surface area contributed by atoms with Gasteiger partial charge in [-0.15, -0.1) is 11.3 Å². The summed E-state index contributed by atoms with van der Waals surface area (Å²) in [6.07, 6.45) is 3.75. The summed E-state index contributed by atoms with van der Waals surface area (Å²) in [5.41, 5.74) is 0. The third kappa shape index (κ3) is 5.46. The van der Waals surface area contributed by atoms with Crippen LogP contribution in [0.1, 0.15) is 38.5 Å². The standard InChI is InChI=1S/C13H22BrNS/c1-4-15-11(6-5-10(2)3)9-12-7-8-13(14)16-12/h7-8,10-11,15H,4-6,9H2,1-3H3. The highest BCUT2D eigenvalue weighted by molar-refractivity contribution is 9.11. The lowest BCUT2D eigenvalue weighted by atomic mass is 10.0. The van der Waals surface area contributed by atoms with Crippen LogP contribution in [0.5, 0.6) is 0 Å². The molecule has 1 unspecified atom stereocenters. The third-order valence-corrected chi connectivity index (χ3v) is 4.31. The summed E-state index contributed by atoms with van der Waals surface area (Å²) in [4.78, 5) is 1.47. The van der Waals surface area contributed by atoms with Crippen LogP contribution >= 0.6 is 27.3 Å². The van der Waals surface area contributed by atoms with Crippen LogP contribution in [0, 0.1) is 5.92 Å². The van der Waals surface area contributed by atoms with Crippen molar-refractivity contribution in [3.8, 4) is 0 Å². The van der Waals surface area contributed by atoms with Gasteiger partial charge < -0.3 is 5.32 Å². The van der Waals surface area contributed by atoms with Gasteiger partial charge in [0.15, 0.2) is 0 Å². The molecule has 0 aromatic carbocycles. The maximum Gasteiger partial charge on any atom is 0.0701 e. The van der Waals surface area contributed by atoms with E-state index in [-0.39, 0.29) is 0 Å². The summed E-state index contributed by atoms with van der Waals surface area (Å²) < 4.78 is 1.24. The Morgan fingerprint density at radius 1 is 1.31 bits per heavy atom. The molecular formula is C13H22BrNS. The SMILES string of the molecule is CCNC(CCC(C)C)Cc1ccc(Br)s1. The molecule has 1 aromatic heterocycles. The highest BCUT2D eigenvalue weighted by atomic mass is 79.9. The van der Waals surface area contributed by atoms with Gasteiger partial charge in [0.1, 0.15) is 0 Å². The lowest BCUT2D eigenvalue weighted by Crippen LogP contribution is -2.31. The van der Waals surface area contributed by atoms with Crippen LogP contribution in [-0.2, 0) is 6.42 Å². The van der Waals surface area contributed by atoms with Crippen LogP contribution in [0.2, 0.25) is 0 Å². The van der Waals surface area contributed by atoms with Crippen molar-refractivity contribution in [3.05, 3.63) is 20.8 Å². The molecule has 1 N–H and O–H groups in total.